The van der Waals surface area contributed by atoms with Crippen LogP contribution in [-0.4, -0.2) is 82.3 Å². The number of nitrogens with zero attached hydrogens (tertiary/aromatic N) is 3. The summed E-state index contributed by atoms with van der Waals surface area (Å²) in [4.78, 5) is 9.31. The largest absolute Gasteiger partial charge is 0.374 e. The monoisotopic (exact) mass is 389 g/mol. The average Bonchev–Trinajstić information content (AvgIpc) is 2.93. The van der Waals surface area contributed by atoms with Gasteiger partial charge in [-0.2, -0.15) is 0 Å². The van der Waals surface area contributed by atoms with Crippen LogP contribution in [0.15, 0.2) is 35.3 Å². The topological polar surface area (TPSA) is 52.1 Å². The Bertz CT molecular complexity index is 551. The van der Waals surface area contributed by atoms with Gasteiger partial charge in [0.15, 0.2) is 5.96 Å². The quantitative estimate of drug-likeness (QED) is 0.365. The molecule has 0 saturated carbocycles. The van der Waals surface area contributed by atoms with Gasteiger partial charge in [-0.3, -0.25) is 4.99 Å². The summed E-state index contributed by atoms with van der Waals surface area (Å²) in [5.74, 6) is 0.881. The second-order valence-electron chi connectivity index (χ2n) is 7.56. The molecule has 6 heteroatoms. The molecule has 0 radical (unpaired) electrons. The summed E-state index contributed by atoms with van der Waals surface area (Å²) in [6.45, 7) is 10.6. The van der Waals surface area contributed by atoms with Crippen molar-refractivity contribution in [3.63, 3.8) is 0 Å². The SMILES string of the molecule is CN=C(NCCCOC(C)c1ccccc1)NCCCN1CCCN(C)CC1. The zero-order chi connectivity index (χ0) is 20.0. The molecule has 6 nitrogen and oxygen atoms in total. The van der Waals surface area contributed by atoms with Crippen LogP contribution in [0.2, 0.25) is 0 Å². The van der Waals surface area contributed by atoms with Crippen LogP contribution >= 0.6 is 0 Å². The Balaban J connectivity index is 1.50. The first-order valence-electron chi connectivity index (χ1n) is 10.7. The number of hydrogen-bond acceptors (Lipinski definition) is 4. The van der Waals surface area contributed by atoms with E-state index in [9.17, 15) is 0 Å². The molecule has 0 bridgehead atoms. The number of guanidine groups is 1. The molecule has 0 aromatic heterocycles. The molecule has 1 aromatic rings. The molecule has 0 spiro atoms. The van der Waals surface area contributed by atoms with Gasteiger partial charge in [-0.25, -0.2) is 0 Å². The Labute approximate surface area is 171 Å². The van der Waals surface area contributed by atoms with Gasteiger partial charge in [0.1, 0.15) is 0 Å². The highest BCUT2D eigenvalue weighted by Crippen LogP contribution is 2.15. The summed E-state index contributed by atoms with van der Waals surface area (Å²) < 4.78 is 5.92. The van der Waals surface area contributed by atoms with E-state index in [1.165, 1.54) is 38.2 Å². The van der Waals surface area contributed by atoms with E-state index >= 15 is 0 Å². The van der Waals surface area contributed by atoms with Crippen molar-refractivity contribution in [1.29, 1.82) is 0 Å². The van der Waals surface area contributed by atoms with Gasteiger partial charge < -0.3 is 25.2 Å². The van der Waals surface area contributed by atoms with Gasteiger partial charge >= 0.3 is 0 Å². The maximum absolute atomic E-state index is 5.92. The van der Waals surface area contributed by atoms with Crippen molar-refractivity contribution in [3.05, 3.63) is 35.9 Å². The first-order valence-corrected chi connectivity index (χ1v) is 10.7. The number of likely N-dealkylation sites (N-methyl/N-ethyl adjacent to an activating group) is 1. The fraction of sp³-hybridized carbons (Fsp3) is 0.682. The lowest BCUT2D eigenvalue weighted by molar-refractivity contribution is 0.0646. The van der Waals surface area contributed by atoms with E-state index in [2.05, 4.69) is 63.7 Å². The van der Waals surface area contributed by atoms with E-state index < -0.39 is 0 Å². The third-order valence-corrected chi connectivity index (χ3v) is 5.23. The molecule has 1 saturated heterocycles. The van der Waals surface area contributed by atoms with Crippen LogP contribution in [0.3, 0.4) is 0 Å². The van der Waals surface area contributed by atoms with Crippen LogP contribution in [0.4, 0.5) is 0 Å². The Morgan fingerprint density at radius 2 is 1.82 bits per heavy atom. The predicted octanol–water partition coefficient (Wildman–Crippen LogP) is 2.35. The Morgan fingerprint density at radius 3 is 2.57 bits per heavy atom. The van der Waals surface area contributed by atoms with Crippen molar-refractivity contribution in [2.75, 3.05) is 66.5 Å². The number of aliphatic imine (C=N–C) groups is 1. The van der Waals surface area contributed by atoms with Gasteiger partial charge in [0.25, 0.3) is 0 Å². The highest BCUT2D eigenvalue weighted by atomic mass is 16.5. The Hall–Kier alpha value is -1.63. The Morgan fingerprint density at radius 1 is 1.07 bits per heavy atom. The van der Waals surface area contributed by atoms with Crippen molar-refractivity contribution in [1.82, 2.24) is 20.4 Å². The molecule has 28 heavy (non-hydrogen) atoms. The van der Waals surface area contributed by atoms with Gasteiger partial charge in [-0.05, 0) is 58.4 Å². The molecule has 2 rings (SSSR count). The maximum Gasteiger partial charge on any atom is 0.190 e. The summed E-state index contributed by atoms with van der Waals surface area (Å²) in [6, 6.07) is 10.4. The van der Waals surface area contributed by atoms with E-state index in [4.69, 9.17) is 4.74 Å². The third-order valence-electron chi connectivity index (χ3n) is 5.23. The van der Waals surface area contributed by atoms with Gasteiger partial charge in [0, 0.05) is 39.8 Å². The lowest BCUT2D eigenvalue weighted by Crippen LogP contribution is -2.39. The van der Waals surface area contributed by atoms with Crippen molar-refractivity contribution in [2.45, 2.75) is 32.3 Å². The van der Waals surface area contributed by atoms with Crippen LogP contribution < -0.4 is 10.6 Å². The third kappa shape index (κ3) is 9.04. The highest BCUT2D eigenvalue weighted by Gasteiger charge is 2.11. The summed E-state index contributed by atoms with van der Waals surface area (Å²) in [7, 11) is 4.04. The van der Waals surface area contributed by atoms with Gasteiger partial charge in [-0.15, -0.1) is 0 Å². The fourth-order valence-corrected chi connectivity index (χ4v) is 3.41. The highest BCUT2D eigenvalue weighted by molar-refractivity contribution is 5.79. The number of rotatable bonds is 10. The minimum Gasteiger partial charge on any atom is -0.374 e. The summed E-state index contributed by atoms with van der Waals surface area (Å²) >= 11 is 0. The molecule has 1 atom stereocenters. The second kappa shape index (κ2) is 13.5. The lowest BCUT2D eigenvalue weighted by Gasteiger charge is -2.20. The van der Waals surface area contributed by atoms with Crippen LogP contribution in [0.1, 0.15) is 37.9 Å². The first kappa shape index (κ1) is 22.7. The van der Waals surface area contributed by atoms with Crippen LogP contribution in [0.25, 0.3) is 0 Å². The van der Waals surface area contributed by atoms with Gasteiger partial charge in [-0.1, -0.05) is 30.3 Å². The molecule has 158 valence electrons. The lowest BCUT2D eigenvalue weighted by atomic mass is 10.1. The minimum absolute atomic E-state index is 0.136. The van der Waals surface area contributed by atoms with Crippen molar-refractivity contribution in [2.24, 2.45) is 4.99 Å². The van der Waals surface area contributed by atoms with Crippen molar-refractivity contribution in [3.8, 4) is 0 Å². The smallest absolute Gasteiger partial charge is 0.190 e. The molecule has 2 N–H and O–H groups in total. The molecular weight excluding hydrogens is 350 g/mol. The standard InChI is InChI=1S/C22H39N5O/c1-20(21-10-5-4-6-11-21)28-19-8-13-25-22(23-2)24-12-7-15-27-16-9-14-26(3)17-18-27/h4-6,10-11,20H,7-9,12-19H2,1-3H3,(H2,23,24,25). The van der Waals surface area contributed by atoms with Gasteiger partial charge in [0.05, 0.1) is 6.10 Å². The van der Waals surface area contributed by atoms with E-state index in [1.54, 1.807) is 0 Å². The molecule has 1 aromatic carbocycles. The maximum atomic E-state index is 5.92. The van der Waals surface area contributed by atoms with E-state index in [0.717, 1.165) is 45.0 Å². The van der Waals surface area contributed by atoms with Crippen LogP contribution in [0.5, 0.6) is 0 Å². The number of hydrogen-bond donors (Lipinski definition) is 2. The second-order valence-corrected chi connectivity index (χ2v) is 7.56. The molecule has 1 unspecified atom stereocenters. The van der Waals surface area contributed by atoms with Crippen molar-refractivity contribution >= 4 is 5.96 Å². The first-order chi connectivity index (χ1) is 13.7. The molecule has 0 aliphatic carbocycles. The molecular formula is C22H39N5O. The molecule has 0 amide bonds. The van der Waals surface area contributed by atoms with E-state index in [-0.39, 0.29) is 6.10 Å². The van der Waals surface area contributed by atoms with Gasteiger partial charge in [0.2, 0.25) is 0 Å². The number of nitrogens with one attached hydrogen (secondary N) is 2. The van der Waals surface area contributed by atoms with E-state index in [0.29, 0.717) is 0 Å². The van der Waals surface area contributed by atoms with E-state index in [1.807, 2.05) is 13.1 Å². The molecule has 1 fully saturated rings. The fourth-order valence-electron chi connectivity index (χ4n) is 3.41. The number of ether oxygens (including phenoxy) is 1. The summed E-state index contributed by atoms with van der Waals surface area (Å²) in [6.07, 6.45) is 3.51. The van der Waals surface area contributed by atoms with Crippen molar-refractivity contribution < 1.29 is 4.74 Å². The predicted molar refractivity (Wildman–Crippen MR) is 118 cm³/mol. The summed E-state index contributed by atoms with van der Waals surface area (Å²) in [5, 5.41) is 6.80. The number of benzene rings is 1. The molecule has 1 aliphatic rings. The molecule has 1 heterocycles. The zero-order valence-electron chi connectivity index (χ0n) is 18.0. The van der Waals surface area contributed by atoms with Crippen LogP contribution in [0, 0.1) is 0 Å². The van der Waals surface area contributed by atoms with Crippen LogP contribution in [-0.2, 0) is 4.74 Å². The summed E-state index contributed by atoms with van der Waals surface area (Å²) in [5.41, 5.74) is 1.23. The Kier molecular flexibility index (Phi) is 10.9. The average molecular weight is 390 g/mol. The molecule has 1 aliphatic heterocycles. The normalized spacial score (nSPS) is 17.9. The minimum atomic E-state index is 0.136. The zero-order valence-corrected chi connectivity index (χ0v) is 18.0.